The fourth-order valence-electron chi connectivity index (χ4n) is 2.42. The van der Waals surface area contributed by atoms with Gasteiger partial charge in [0.25, 0.3) is 6.47 Å². The Kier molecular flexibility index (Phi) is 4.98. The van der Waals surface area contributed by atoms with Crippen LogP contribution in [-0.4, -0.2) is 32.6 Å². The van der Waals surface area contributed by atoms with Crippen LogP contribution >= 0.6 is 0 Å². The molecule has 0 aromatic heterocycles. The van der Waals surface area contributed by atoms with Gasteiger partial charge in [0.2, 0.25) is 5.79 Å². The second-order valence-electron chi connectivity index (χ2n) is 4.74. The monoisotopic (exact) mass is 280 g/mol. The van der Waals surface area contributed by atoms with Crippen LogP contribution in [0.25, 0.3) is 0 Å². The summed E-state index contributed by atoms with van der Waals surface area (Å²) in [6.45, 7) is 3.41. The van der Waals surface area contributed by atoms with Crippen LogP contribution in [-0.2, 0) is 19.0 Å². The van der Waals surface area contributed by atoms with Crippen LogP contribution in [0.1, 0.15) is 31.4 Å². The molecule has 1 unspecified atom stereocenters. The molecule has 1 fully saturated rings. The molecule has 1 aromatic carbocycles. The van der Waals surface area contributed by atoms with Crippen molar-refractivity contribution in [3.63, 3.8) is 0 Å². The number of hydrogen-bond acceptors (Lipinski definition) is 5. The zero-order valence-electron chi connectivity index (χ0n) is 11.8. The number of hydrogen-bond donors (Lipinski definition) is 0. The number of rotatable bonds is 6. The number of carbonyl (C=O) groups is 1. The molecule has 1 aliphatic rings. The third-order valence-electron chi connectivity index (χ3n) is 3.49. The molecule has 5 heteroatoms. The first kappa shape index (κ1) is 14.8. The summed E-state index contributed by atoms with van der Waals surface area (Å²) in [6.07, 6.45) is 0.820. The molecule has 2 rings (SSSR count). The van der Waals surface area contributed by atoms with Crippen molar-refractivity contribution in [3.8, 4) is 5.75 Å². The molecule has 0 saturated carbocycles. The Morgan fingerprint density at radius 1 is 1.30 bits per heavy atom. The molecule has 1 saturated heterocycles. The summed E-state index contributed by atoms with van der Waals surface area (Å²) in [5, 5.41) is 0. The van der Waals surface area contributed by atoms with Gasteiger partial charge >= 0.3 is 0 Å². The highest BCUT2D eigenvalue weighted by Gasteiger charge is 2.38. The van der Waals surface area contributed by atoms with E-state index in [1.165, 1.54) is 0 Å². The Morgan fingerprint density at radius 3 is 2.65 bits per heavy atom. The van der Waals surface area contributed by atoms with Crippen LogP contribution in [0.2, 0.25) is 0 Å². The molecule has 5 nitrogen and oxygen atoms in total. The molecule has 0 N–H and O–H groups in total. The summed E-state index contributed by atoms with van der Waals surface area (Å²) >= 11 is 0. The Morgan fingerprint density at radius 2 is 2.00 bits per heavy atom. The van der Waals surface area contributed by atoms with Crippen molar-refractivity contribution in [2.24, 2.45) is 0 Å². The van der Waals surface area contributed by atoms with E-state index < -0.39 is 5.79 Å². The van der Waals surface area contributed by atoms with Crippen molar-refractivity contribution >= 4 is 6.47 Å². The standard InChI is InChI=1S/C15H20O5/c1-12(13-5-3-4-6-14(13)17-2)20-15(19-11-16)7-9-18-10-8-15/h3-6,11-12H,7-10H2,1-2H3. The van der Waals surface area contributed by atoms with E-state index in [2.05, 4.69) is 0 Å². The summed E-state index contributed by atoms with van der Waals surface area (Å²) in [5.41, 5.74) is 0.926. The molecule has 1 atom stereocenters. The number of carbonyl (C=O) groups excluding carboxylic acids is 1. The Balaban J connectivity index is 2.15. The minimum absolute atomic E-state index is 0.246. The van der Waals surface area contributed by atoms with Gasteiger partial charge in [-0.2, -0.15) is 0 Å². The van der Waals surface area contributed by atoms with E-state index in [-0.39, 0.29) is 6.10 Å². The predicted octanol–water partition coefficient (Wildman–Crippen LogP) is 2.45. The Bertz CT molecular complexity index is 440. The van der Waals surface area contributed by atoms with E-state index in [0.717, 1.165) is 11.3 Å². The molecule has 20 heavy (non-hydrogen) atoms. The summed E-state index contributed by atoms with van der Waals surface area (Å²) in [4.78, 5) is 10.8. The van der Waals surface area contributed by atoms with Crippen LogP contribution in [0.5, 0.6) is 5.75 Å². The number of para-hydroxylation sites is 1. The molecular formula is C15H20O5. The molecule has 0 amide bonds. The number of methoxy groups -OCH3 is 1. The van der Waals surface area contributed by atoms with E-state index in [9.17, 15) is 4.79 Å². The van der Waals surface area contributed by atoms with Crippen LogP contribution in [0.4, 0.5) is 0 Å². The summed E-state index contributed by atoms with van der Waals surface area (Å²) in [6, 6.07) is 7.65. The minimum atomic E-state index is -0.903. The second kappa shape index (κ2) is 6.72. The lowest BCUT2D eigenvalue weighted by molar-refractivity contribution is -0.267. The van der Waals surface area contributed by atoms with Gasteiger partial charge in [0.1, 0.15) is 5.75 Å². The maximum atomic E-state index is 10.8. The molecule has 1 aliphatic heterocycles. The molecule has 110 valence electrons. The fraction of sp³-hybridized carbons (Fsp3) is 0.533. The molecule has 0 bridgehead atoms. The van der Waals surface area contributed by atoms with Crippen molar-refractivity contribution in [1.29, 1.82) is 0 Å². The van der Waals surface area contributed by atoms with Crippen LogP contribution in [0.15, 0.2) is 24.3 Å². The summed E-state index contributed by atoms with van der Waals surface area (Å²) in [5.74, 6) is -0.145. The van der Waals surface area contributed by atoms with Gasteiger partial charge in [-0.25, -0.2) is 0 Å². The molecule has 1 aromatic rings. The van der Waals surface area contributed by atoms with Gasteiger partial charge in [-0.3, -0.25) is 4.79 Å². The summed E-state index contributed by atoms with van der Waals surface area (Å²) < 4.78 is 21.9. The van der Waals surface area contributed by atoms with E-state index in [1.54, 1.807) is 7.11 Å². The van der Waals surface area contributed by atoms with Crippen LogP contribution < -0.4 is 4.74 Å². The van der Waals surface area contributed by atoms with Crippen molar-refractivity contribution in [2.75, 3.05) is 20.3 Å². The maximum Gasteiger partial charge on any atom is 0.295 e. The van der Waals surface area contributed by atoms with E-state index in [1.807, 2.05) is 31.2 Å². The number of benzene rings is 1. The first-order chi connectivity index (χ1) is 9.71. The van der Waals surface area contributed by atoms with Gasteiger partial charge < -0.3 is 18.9 Å². The largest absolute Gasteiger partial charge is 0.496 e. The molecule has 0 aliphatic carbocycles. The van der Waals surface area contributed by atoms with Crippen molar-refractivity contribution in [3.05, 3.63) is 29.8 Å². The average molecular weight is 280 g/mol. The van der Waals surface area contributed by atoms with Gasteiger partial charge in [0.05, 0.1) is 26.4 Å². The molecule has 0 spiro atoms. The normalized spacial score (nSPS) is 19.1. The lowest BCUT2D eigenvalue weighted by atomic mass is 10.1. The fourth-order valence-corrected chi connectivity index (χ4v) is 2.42. The van der Waals surface area contributed by atoms with E-state index in [0.29, 0.717) is 32.5 Å². The van der Waals surface area contributed by atoms with E-state index >= 15 is 0 Å². The van der Waals surface area contributed by atoms with Crippen LogP contribution in [0, 0.1) is 0 Å². The van der Waals surface area contributed by atoms with Crippen LogP contribution in [0.3, 0.4) is 0 Å². The summed E-state index contributed by atoms with van der Waals surface area (Å²) in [7, 11) is 1.62. The van der Waals surface area contributed by atoms with E-state index in [4.69, 9.17) is 18.9 Å². The predicted molar refractivity (Wildman–Crippen MR) is 72.4 cm³/mol. The van der Waals surface area contributed by atoms with Crippen molar-refractivity contribution in [2.45, 2.75) is 31.7 Å². The highest BCUT2D eigenvalue weighted by Crippen LogP contribution is 2.35. The highest BCUT2D eigenvalue weighted by atomic mass is 16.7. The topological polar surface area (TPSA) is 54.0 Å². The molecule has 1 heterocycles. The average Bonchev–Trinajstić information content (AvgIpc) is 2.48. The first-order valence-corrected chi connectivity index (χ1v) is 6.71. The SMILES string of the molecule is COc1ccccc1C(C)OC1(OC=O)CCOCC1. The smallest absolute Gasteiger partial charge is 0.295 e. The molecular weight excluding hydrogens is 260 g/mol. The maximum absolute atomic E-state index is 10.8. The molecule has 0 radical (unpaired) electrons. The van der Waals surface area contributed by atoms with Gasteiger partial charge in [0.15, 0.2) is 0 Å². The van der Waals surface area contributed by atoms with Crippen molar-refractivity contribution < 1.29 is 23.7 Å². The lowest BCUT2D eigenvalue weighted by Crippen LogP contribution is -2.42. The van der Waals surface area contributed by atoms with Gasteiger partial charge in [-0.15, -0.1) is 0 Å². The van der Waals surface area contributed by atoms with Gasteiger partial charge in [-0.05, 0) is 13.0 Å². The van der Waals surface area contributed by atoms with Gasteiger partial charge in [-0.1, -0.05) is 18.2 Å². The first-order valence-electron chi connectivity index (χ1n) is 6.71. The third-order valence-corrected chi connectivity index (χ3v) is 3.49. The lowest BCUT2D eigenvalue weighted by Gasteiger charge is -2.37. The second-order valence-corrected chi connectivity index (χ2v) is 4.74. The Labute approximate surface area is 118 Å². The van der Waals surface area contributed by atoms with Crippen molar-refractivity contribution in [1.82, 2.24) is 0 Å². The zero-order chi connectivity index (χ0) is 14.4. The Hall–Kier alpha value is -1.59. The van der Waals surface area contributed by atoms with Gasteiger partial charge in [0, 0.05) is 18.4 Å². The number of ether oxygens (including phenoxy) is 4. The third kappa shape index (κ3) is 3.29. The quantitative estimate of drug-likeness (QED) is 0.592. The minimum Gasteiger partial charge on any atom is -0.496 e. The highest BCUT2D eigenvalue weighted by molar-refractivity contribution is 5.38. The zero-order valence-corrected chi connectivity index (χ0v) is 11.8.